The molecule has 2 aromatic carbocycles. The van der Waals surface area contributed by atoms with Gasteiger partial charge in [-0.25, -0.2) is 0 Å². The Morgan fingerprint density at radius 3 is 1.86 bits per heavy atom. The van der Waals surface area contributed by atoms with E-state index < -0.39 is 19.9 Å². The summed E-state index contributed by atoms with van der Waals surface area (Å²) in [7, 11) is -2.74. The molecule has 198 valence electrons. The lowest BCUT2D eigenvalue weighted by Crippen LogP contribution is -2.70. The van der Waals surface area contributed by atoms with Crippen LogP contribution in [0.3, 0.4) is 0 Å². The highest BCUT2D eigenvalue weighted by molar-refractivity contribution is 6.99. The molecule has 2 atom stereocenters. The largest absolute Gasteiger partial charge is 0.399 e. The van der Waals surface area contributed by atoms with Crippen LogP contribution in [0.15, 0.2) is 60.7 Å². The zero-order valence-corrected chi connectivity index (χ0v) is 23.7. The van der Waals surface area contributed by atoms with Gasteiger partial charge in [0, 0.05) is 18.3 Å². The maximum absolute atomic E-state index is 7.65. The Hall–Kier alpha value is -1.50. The molecule has 4 nitrogen and oxygen atoms in total. The number of hydrogen-bond donors (Lipinski definition) is 0. The van der Waals surface area contributed by atoms with E-state index >= 15 is 0 Å². The van der Waals surface area contributed by atoms with Crippen molar-refractivity contribution in [1.82, 2.24) is 0 Å². The standard InChI is InChI=1S/C32H42O4Si/c1-30(2,3)37(27-12-6-4-7-13-27,28-14-8-5-9-15-28)33-29-16-10-11-17-31(29)34-32(36-35-31)25-19-23-18-24(21-25)22-26(32)20-23/h4-9,12-15,23-26,29H,10-11,16-22H2,1-3H3. The van der Waals surface area contributed by atoms with Crippen LogP contribution >= 0.6 is 0 Å². The molecule has 5 aliphatic carbocycles. The summed E-state index contributed by atoms with van der Waals surface area (Å²) in [5.74, 6) is 1.23. The molecule has 5 saturated carbocycles. The minimum Gasteiger partial charge on any atom is -0.399 e. The molecule has 0 aromatic heterocycles. The maximum Gasteiger partial charge on any atom is 0.261 e. The van der Waals surface area contributed by atoms with Gasteiger partial charge in [-0.3, -0.25) is 0 Å². The molecule has 0 N–H and O–H groups in total. The Labute approximate surface area is 223 Å². The van der Waals surface area contributed by atoms with Crippen LogP contribution in [0.4, 0.5) is 0 Å². The van der Waals surface area contributed by atoms with Crippen molar-refractivity contribution < 1.29 is 18.9 Å². The first-order valence-electron chi connectivity index (χ1n) is 14.7. The Morgan fingerprint density at radius 2 is 1.32 bits per heavy atom. The highest BCUT2D eigenvalue weighted by Crippen LogP contribution is 2.64. The van der Waals surface area contributed by atoms with Crippen LogP contribution in [-0.2, 0) is 18.9 Å². The van der Waals surface area contributed by atoms with E-state index in [0.29, 0.717) is 11.8 Å². The molecule has 5 heteroatoms. The molecule has 8 rings (SSSR count). The van der Waals surface area contributed by atoms with Crippen LogP contribution in [0.5, 0.6) is 0 Å². The topological polar surface area (TPSA) is 36.9 Å². The molecule has 2 aromatic rings. The number of hydrogen-bond acceptors (Lipinski definition) is 4. The zero-order chi connectivity index (χ0) is 25.3. The van der Waals surface area contributed by atoms with Gasteiger partial charge in [0.15, 0.2) is 0 Å². The van der Waals surface area contributed by atoms with Crippen molar-refractivity contribution in [3.8, 4) is 0 Å². The van der Waals surface area contributed by atoms with Crippen molar-refractivity contribution in [3.05, 3.63) is 60.7 Å². The van der Waals surface area contributed by atoms with Crippen molar-refractivity contribution in [3.63, 3.8) is 0 Å². The molecule has 1 heterocycles. The summed E-state index contributed by atoms with van der Waals surface area (Å²) >= 11 is 0. The summed E-state index contributed by atoms with van der Waals surface area (Å²) in [6.45, 7) is 7.04. The lowest BCUT2D eigenvalue weighted by atomic mass is 9.53. The van der Waals surface area contributed by atoms with Crippen LogP contribution < -0.4 is 10.4 Å². The number of ether oxygens (including phenoxy) is 1. The van der Waals surface area contributed by atoms with Crippen LogP contribution in [0, 0.1) is 23.7 Å². The molecule has 4 bridgehead atoms. The molecule has 1 aliphatic heterocycles. The van der Waals surface area contributed by atoms with Gasteiger partial charge in [0.25, 0.3) is 8.32 Å². The van der Waals surface area contributed by atoms with Crippen LogP contribution in [0.2, 0.25) is 5.04 Å². The van der Waals surface area contributed by atoms with Gasteiger partial charge in [0.05, 0.1) is 0 Å². The zero-order valence-electron chi connectivity index (χ0n) is 22.7. The summed E-state index contributed by atoms with van der Waals surface area (Å²) < 4.78 is 14.9. The molecule has 6 aliphatic rings. The van der Waals surface area contributed by atoms with Crippen LogP contribution in [0.25, 0.3) is 0 Å². The van der Waals surface area contributed by atoms with Gasteiger partial charge in [0.1, 0.15) is 6.10 Å². The van der Waals surface area contributed by atoms with E-state index in [1.807, 2.05) is 0 Å². The summed E-state index contributed by atoms with van der Waals surface area (Å²) in [6, 6.07) is 21.9. The molecule has 1 saturated heterocycles. The first kappa shape index (κ1) is 24.5. The second-order valence-electron chi connectivity index (χ2n) is 13.6. The van der Waals surface area contributed by atoms with Crippen molar-refractivity contribution >= 4 is 18.7 Å². The quantitative estimate of drug-likeness (QED) is 0.350. The Bertz CT molecular complexity index is 1050. The Kier molecular flexibility index (Phi) is 5.80. The van der Waals surface area contributed by atoms with Gasteiger partial charge in [-0.2, -0.15) is 9.78 Å². The SMILES string of the molecule is CC(C)(C)[Si](OC1CCCCC12OOC1(O2)C2CC3CC(C2)CC1C3)(c1ccccc1)c1ccccc1. The molecular weight excluding hydrogens is 476 g/mol. The smallest absolute Gasteiger partial charge is 0.261 e. The molecule has 37 heavy (non-hydrogen) atoms. The Balaban J connectivity index is 1.29. The first-order chi connectivity index (χ1) is 17.8. The van der Waals surface area contributed by atoms with Crippen LogP contribution in [0.1, 0.15) is 78.6 Å². The number of benzene rings is 2. The predicted molar refractivity (Wildman–Crippen MR) is 147 cm³/mol. The van der Waals surface area contributed by atoms with E-state index in [0.717, 1.165) is 37.5 Å². The van der Waals surface area contributed by atoms with Gasteiger partial charge in [-0.05, 0) is 72.2 Å². The summed E-state index contributed by atoms with van der Waals surface area (Å²) in [4.78, 5) is 12.9. The Morgan fingerprint density at radius 1 is 0.757 bits per heavy atom. The monoisotopic (exact) mass is 518 g/mol. The first-order valence-corrected chi connectivity index (χ1v) is 16.6. The fourth-order valence-corrected chi connectivity index (χ4v) is 13.7. The highest BCUT2D eigenvalue weighted by Gasteiger charge is 2.69. The molecule has 2 spiro atoms. The molecule has 0 amide bonds. The fraction of sp³-hybridized carbons (Fsp3) is 0.625. The van der Waals surface area contributed by atoms with Gasteiger partial charge in [0.2, 0.25) is 11.6 Å². The van der Waals surface area contributed by atoms with Crippen molar-refractivity contribution in [2.75, 3.05) is 0 Å². The van der Waals surface area contributed by atoms with E-state index in [9.17, 15) is 0 Å². The van der Waals surface area contributed by atoms with E-state index in [4.69, 9.17) is 18.9 Å². The third-order valence-electron chi connectivity index (χ3n) is 10.4. The lowest BCUT2D eigenvalue weighted by molar-refractivity contribution is -0.394. The van der Waals surface area contributed by atoms with Gasteiger partial charge < -0.3 is 9.16 Å². The molecule has 2 unspecified atom stereocenters. The van der Waals surface area contributed by atoms with Gasteiger partial charge >= 0.3 is 0 Å². The second-order valence-corrected chi connectivity index (χ2v) is 17.9. The van der Waals surface area contributed by atoms with Gasteiger partial charge in [-0.1, -0.05) is 87.9 Å². The van der Waals surface area contributed by atoms with E-state index in [1.165, 1.54) is 42.5 Å². The van der Waals surface area contributed by atoms with Crippen molar-refractivity contribution in [2.24, 2.45) is 23.7 Å². The van der Waals surface area contributed by atoms with E-state index in [1.54, 1.807) is 0 Å². The van der Waals surface area contributed by atoms with Crippen molar-refractivity contribution in [2.45, 2.75) is 101 Å². The maximum atomic E-state index is 7.65. The predicted octanol–water partition coefficient (Wildman–Crippen LogP) is 6.33. The van der Waals surface area contributed by atoms with E-state index in [2.05, 4.69) is 81.4 Å². The minimum atomic E-state index is -2.74. The lowest BCUT2D eigenvalue weighted by Gasteiger charge is -2.57. The fourth-order valence-electron chi connectivity index (χ4n) is 8.93. The molecule has 0 radical (unpaired) electrons. The molecular formula is C32H42O4Si. The average Bonchev–Trinajstić information content (AvgIpc) is 3.27. The third-order valence-corrected chi connectivity index (χ3v) is 15.4. The highest BCUT2D eigenvalue weighted by atomic mass is 28.4. The summed E-state index contributed by atoms with van der Waals surface area (Å²) in [5.41, 5.74) is 0. The van der Waals surface area contributed by atoms with Gasteiger partial charge in [-0.15, -0.1) is 0 Å². The van der Waals surface area contributed by atoms with Crippen molar-refractivity contribution in [1.29, 1.82) is 0 Å². The normalized spacial score (nSPS) is 39.1. The second kappa shape index (κ2) is 8.75. The minimum absolute atomic E-state index is 0.0892. The number of rotatable bonds is 4. The summed E-state index contributed by atoms with van der Waals surface area (Å²) in [5, 5.41) is 2.52. The van der Waals surface area contributed by atoms with E-state index in [-0.39, 0.29) is 11.1 Å². The average molecular weight is 519 g/mol. The molecule has 6 fully saturated rings. The summed E-state index contributed by atoms with van der Waals surface area (Å²) in [6.07, 6.45) is 10.1. The van der Waals surface area contributed by atoms with Crippen LogP contribution in [-0.4, -0.2) is 26.0 Å². The third kappa shape index (κ3) is 3.68.